The molecule has 0 aromatic heterocycles. The van der Waals surface area contributed by atoms with Gasteiger partial charge in [-0.2, -0.15) is 0 Å². The maximum absolute atomic E-state index is 11.9. The Balaban J connectivity index is 2.11. The number of benzene rings is 1. The molecule has 1 aliphatic heterocycles. The average Bonchev–Trinajstić information content (AvgIpc) is 2.35. The predicted octanol–water partition coefficient (Wildman–Crippen LogP) is 2.59. The third-order valence-electron chi connectivity index (χ3n) is 3.46. The minimum atomic E-state index is -0.808. The number of hydrogen-bond acceptors (Lipinski definition) is 4. The van der Waals surface area contributed by atoms with E-state index in [1.165, 1.54) is 12.1 Å². The maximum atomic E-state index is 11.9. The first kappa shape index (κ1) is 15.4. The van der Waals surface area contributed by atoms with E-state index >= 15 is 0 Å². The molecule has 2 rings (SSSR count). The molecule has 1 aromatic carbocycles. The lowest BCUT2D eigenvalue weighted by Crippen LogP contribution is -2.49. The van der Waals surface area contributed by atoms with Crippen molar-refractivity contribution in [2.24, 2.45) is 0 Å². The molecule has 5 nitrogen and oxygen atoms in total. The van der Waals surface area contributed by atoms with Gasteiger partial charge < -0.3 is 0 Å². The van der Waals surface area contributed by atoms with Crippen LogP contribution in [0.15, 0.2) is 18.2 Å². The zero-order chi connectivity index (χ0) is 14.9. The van der Waals surface area contributed by atoms with Crippen LogP contribution in [-0.2, 0) is 17.3 Å². The highest BCUT2D eigenvalue weighted by Crippen LogP contribution is 2.26. The molecule has 1 saturated heterocycles. The third-order valence-corrected chi connectivity index (χ3v) is 5.72. The Kier molecular flexibility index (Phi) is 4.46. The molecule has 1 aliphatic rings. The van der Waals surface area contributed by atoms with E-state index in [4.69, 9.17) is 11.6 Å². The van der Waals surface area contributed by atoms with Crippen LogP contribution in [0.5, 0.6) is 0 Å². The van der Waals surface area contributed by atoms with E-state index in [1.54, 1.807) is 6.07 Å². The molecule has 0 amide bonds. The average molecular weight is 317 g/mol. The second kappa shape index (κ2) is 5.79. The number of nitro groups is 1. The monoisotopic (exact) mass is 316 g/mol. The van der Waals surface area contributed by atoms with Crippen molar-refractivity contribution in [1.82, 2.24) is 4.90 Å². The van der Waals surface area contributed by atoms with Crippen LogP contribution in [0, 0.1) is 10.1 Å². The van der Waals surface area contributed by atoms with Gasteiger partial charge in [0.25, 0.3) is 5.69 Å². The van der Waals surface area contributed by atoms with Gasteiger partial charge >= 0.3 is 0 Å². The van der Waals surface area contributed by atoms with Crippen molar-refractivity contribution < 1.29 is 9.13 Å². The molecule has 1 fully saturated rings. The molecule has 1 aromatic rings. The van der Waals surface area contributed by atoms with Gasteiger partial charge in [0.1, 0.15) is 0 Å². The van der Waals surface area contributed by atoms with Gasteiger partial charge in [0, 0.05) is 48.3 Å². The summed E-state index contributed by atoms with van der Waals surface area (Å²) >= 11 is 6.10. The first-order valence-electron chi connectivity index (χ1n) is 6.33. The topological polar surface area (TPSA) is 63.4 Å². The quantitative estimate of drug-likeness (QED) is 0.635. The van der Waals surface area contributed by atoms with Crippen LogP contribution in [0.3, 0.4) is 0 Å². The fourth-order valence-electron chi connectivity index (χ4n) is 2.33. The van der Waals surface area contributed by atoms with Crippen LogP contribution in [-0.4, -0.2) is 37.6 Å². The first-order valence-corrected chi connectivity index (χ1v) is 8.03. The second-order valence-electron chi connectivity index (χ2n) is 5.55. The van der Waals surface area contributed by atoms with Crippen molar-refractivity contribution in [3.05, 3.63) is 38.9 Å². The lowest BCUT2D eigenvalue weighted by molar-refractivity contribution is -0.384. The minimum absolute atomic E-state index is 0.00109. The summed E-state index contributed by atoms with van der Waals surface area (Å²) in [5.41, 5.74) is 0.861. The molecule has 0 aliphatic carbocycles. The Morgan fingerprint density at radius 3 is 2.75 bits per heavy atom. The Morgan fingerprint density at radius 1 is 1.50 bits per heavy atom. The van der Waals surface area contributed by atoms with Gasteiger partial charge in [-0.3, -0.25) is 19.2 Å². The zero-order valence-electron chi connectivity index (χ0n) is 11.5. The van der Waals surface area contributed by atoms with Crippen LogP contribution in [0.4, 0.5) is 5.69 Å². The highest BCUT2D eigenvalue weighted by atomic mass is 35.5. The summed E-state index contributed by atoms with van der Waals surface area (Å²) in [7, 11) is -0.808. The highest BCUT2D eigenvalue weighted by Gasteiger charge is 2.33. The smallest absolute Gasteiger partial charge is 0.270 e. The molecule has 0 N–H and O–H groups in total. The van der Waals surface area contributed by atoms with Crippen LogP contribution >= 0.6 is 11.6 Å². The summed E-state index contributed by atoms with van der Waals surface area (Å²) in [5.74, 6) is 0.650. The molecular weight excluding hydrogens is 300 g/mol. The van der Waals surface area contributed by atoms with E-state index in [9.17, 15) is 14.3 Å². The summed E-state index contributed by atoms with van der Waals surface area (Å²) in [5, 5.41) is 11.1. The van der Waals surface area contributed by atoms with Gasteiger partial charge in [-0.1, -0.05) is 11.6 Å². The molecule has 0 spiro atoms. The molecule has 0 saturated carbocycles. The van der Waals surface area contributed by atoms with Crippen LogP contribution in [0.2, 0.25) is 5.02 Å². The summed E-state index contributed by atoms with van der Waals surface area (Å²) in [6.07, 6.45) is 0. The van der Waals surface area contributed by atoms with E-state index in [1.807, 2.05) is 13.8 Å². The lowest BCUT2D eigenvalue weighted by Gasteiger charge is -2.37. The lowest BCUT2D eigenvalue weighted by atomic mass is 10.1. The third kappa shape index (κ3) is 3.37. The van der Waals surface area contributed by atoms with Crippen molar-refractivity contribution >= 4 is 28.1 Å². The maximum Gasteiger partial charge on any atom is 0.270 e. The molecule has 0 radical (unpaired) electrons. The fourth-order valence-corrected chi connectivity index (χ4v) is 3.87. The van der Waals surface area contributed by atoms with Crippen LogP contribution in [0.25, 0.3) is 0 Å². The zero-order valence-corrected chi connectivity index (χ0v) is 13.0. The minimum Gasteiger partial charge on any atom is -0.297 e. The number of nitrogens with zero attached hydrogens (tertiary/aromatic N) is 2. The Hall–Kier alpha value is -0.980. The van der Waals surface area contributed by atoms with Crippen molar-refractivity contribution in [3.63, 3.8) is 0 Å². The van der Waals surface area contributed by atoms with Gasteiger partial charge in [-0.25, -0.2) is 0 Å². The molecule has 1 atom stereocenters. The van der Waals surface area contributed by atoms with E-state index < -0.39 is 15.7 Å². The van der Waals surface area contributed by atoms with Crippen molar-refractivity contribution in [2.45, 2.75) is 25.1 Å². The van der Waals surface area contributed by atoms with Crippen molar-refractivity contribution in [3.8, 4) is 0 Å². The molecule has 20 heavy (non-hydrogen) atoms. The Bertz CT molecular complexity index is 563. The molecule has 7 heteroatoms. The van der Waals surface area contributed by atoms with Crippen LogP contribution in [0.1, 0.15) is 19.4 Å². The van der Waals surface area contributed by atoms with E-state index in [0.717, 1.165) is 18.7 Å². The molecule has 0 bridgehead atoms. The molecule has 0 unspecified atom stereocenters. The number of halogens is 1. The normalized spacial score (nSPS) is 22.6. The van der Waals surface area contributed by atoms with Gasteiger partial charge in [0.15, 0.2) is 0 Å². The van der Waals surface area contributed by atoms with E-state index in [0.29, 0.717) is 17.3 Å². The van der Waals surface area contributed by atoms with Gasteiger partial charge in [-0.05, 0) is 25.5 Å². The second-order valence-corrected chi connectivity index (χ2v) is 8.16. The van der Waals surface area contributed by atoms with Gasteiger partial charge in [-0.15, -0.1) is 0 Å². The standard InChI is InChI=1S/C13H17ClN2O3S/c1-13(2)9-15(5-6-20(13)19)8-10-3-4-11(16(17)18)7-12(10)14/h3-4,7H,5-6,8-9H2,1-2H3/t20-/m1/s1. The summed E-state index contributed by atoms with van der Waals surface area (Å²) in [6.45, 7) is 6.09. The molecule has 110 valence electrons. The number of hydrogen-bond donors (Lipinski definition) is 0. The highest BCUT2D eigenvalue weighted by molar-refractivity contribution is 7.86. The fraction of sp³-hybridized carbons (Fsp3) is 0.538. The van der Waals surface area contributed by atoms with Crippen molar-refractivity contribution in [1.29, 1.82) is 0 Å². The summed E-state index contributed by atoms with van der Waals surface area (Å²) in [4.78, 5) is 12.4. The van der Waals surface area contributed by atoms with Crippen LogP contribution < -0.4 is 0 Å². The number of nitro benzene ring substituents is 1. The largest absolute Gasteiger partial charge is 0.297 e. The Morgan fingerprint density at radius 2 is 2.20 bits per heavy atom. The number of rotatable bonds is 3. The molecular formula is C13H17ClN2O3S. The first-order chi connectivity index (χ1) is 9.29. The van der Waals surface area contributed by atoms with Crippen molar-refractivity contribution in [2.75, 3.05) is 18.8 Å². The van der Waals surface area contributed by atoms with E-state index in [-0.39, 0.29) is 10.4 Å². The Labute approximate surface area is 125 Å². The summed E-state index contributed by atoms with van der Waals surface area (Å²) in [6, 6.07) is 4.54. The van der Waals surface area contributed by atoms with Gasteiger partial charge in [0.2, 0.25) is 0 Å². The summed E-state index contributed by atoms with van der Waals surface area (Å²) < 4.78 is 11.7. The predicted molar refractivity (Wildman–Crippen MR) is 80.5 cm³/mol. The number of non-ortho nitro benzene ring substituents is 1. The molecule has 1 heterocycles. The van der Waals surface area contributed by atoms with E-state index in [2.05, 4.69) is 4.90 Å². The van der Waals surface area contributed by atoms with Gasteiger partial charge in [0.05, 0.1) is 14.7 Å². The SMILES string of the molecule is CC1(C)CN(Cc2ccc([N+](=O)[O-])cc2Cl)CC[S@]1=O.